The molecule has 3 aromatic rings. The summed E-state index contributed by atoms with van der Waals surface area (Å²) in [6.45, 7) is 2.12. The zero-order valence-corrected chi connectivity index (χ0v) is 9.99. The van der Waals surface area contributed by atoms with Gasteiger partial charge in [0, 0.05) is 35.1 Å². The van der Waals surface area contributed by atoms with E-state index in [4.69, 9.17) is 0 Å². The molecular formula is C15H14N2. The zero-order chi connectivity index (χ0) is 11.8. The van der Waals surface area contributed by atoms with Crippen molar-refractivity contribution in [3.05, 3.63) is 48.2 Å². The lowest BCUT2D eigenvalue weighted by Crippen LogP contribution is -1.92. The Balaban J connectivity index is 2.59. The lowest BCUT2D eigenvalue weighted by Gasteiger charge is -2.10. The number of rotatable bonds is 1. The molecule has 0 spiro atoms. The molecule has 0 radical (unpaired) electrons. The van der Waals surface area contributed by atoms with Crippen LogP contribution in [0.4, 0.5) is 5.69 Å². The number of nitrogens with one attached hydrogen (secondary N) is 1. The van der Waals surface area contributed by atoms with Crippen molar-refractivity contribution in [1.29, 1.82) is 0 Å². The molecule has 2 nitrogen and oxygen atoms in total. The second kappa shape index (κ2) is 3.74. The standard InChI is InChI=1S/C15H14N2/c1-10-7-8-17-15-12-6-4-3-5-11(12)14(16-2)9-13(10)15/h3-9,16H,1-2H3. The molecule has 2 heteroatoms. The average Bonchev–Trinajstić information content (AvgIpc) is 2.38. The maximum absolute atomic E-state index is 4.52. The summed E-state index contributed by atoms with van der Waals surface area (Å²) in [5.41, 5.74) is 3.50. The molecule has 2 aromatic carbocycles. The van der Waals surface area contributed by atoms with Gasteiger partial charge in [-0.2, -0.15) is 0 Å². The number of hydrogen-bond donors (Lipinski definition) is 1. The number of aryl methyl sites for hydroxylation is 1. The number of benzene rings is 2. The Labute approximate surface area is 100 Å². The molecule has 0 aliphatic carbocycles. The van der Waals surface area contributed by atoms with Crippen LogP contribution in [0.2, 0.25) is 0 Å². The minimum atomic E-state index is 1.08. The zero-order valence-electron chi connectivity index (χ0n) is 9.99. The van der Waals surface area contributed by atoms with Crippen LogP contribution < -0.4 is 5.32 Å². The van der Waals surface area contributed by atoms with Crippen molar-refractivity contribution in [1.82, 2.24) is 4.98 Å². The van der Waals surface area contributed by atoms with Crippen LogP contribution in [0, 0.1) is 6.92 Å². The van der Waals surface area contributed by atoms with Gasteiger partial charge in [0.05, 0.1) is 5.52 Å². The fourth-order valence-corrected chi connectivity index (χ4v) is 2.32. The Morgan fingerprint density at radius 1 is 1.00 bits per heavy atom. The first-order valence-corrected chi connectivity index (χ1v) is 5.76. The molecule has 1 N–H and O–H groups in total. The molecule has 3 rings (SSSR count). The second-order valence-electron chi connectivity index (χ2n) is 4.24. The minimum Gasteiger partial charge on any atom is -0.388 e. The van der Waals surface area contributed by atoms with Crippen LogP contribution in [-0.4, -0.2) is 12.0 Å². The quantitative estimate of drug-likeness (QED) is 0.634. The lowest BCUT2D eigenvalue weighted by atomic mass is 10.0. The molecule has 0 atom stereocenters. The van der Waals surface area contributed by atoms with E-state index in [1.54, 1.807) is 0 Å². The number of nitrogens with zero attached hydrogens (tertiary/aromatic N) is 1. The maximum atomic E-state index is 4.52. The maximum Gasteiger partial charge on any atom is 0.0784 e. The van der Waals surface area contributed by atoms with Gasteiger partial charge in [-0.3, -0.25) is 4.98 Å². The summed E-state index contributed by atoms with van der Waals surface area (Å²) in [6, 6.07) is 12.6. The Hall–Kier alpha value is -2.09. The van der Waals surface area contributed by atoms with Crippen LogP contribution in [-0.2, 0) is 0 Å². The van der Waals surface area contributed by atoms with Crippen LogP contribution >= 0.6 is 0 Å². The van der Waals surface area contributed by atoms with Gasteiger partial charge in [0.15, 0.2) is 0 Å². The van der Waals surface area contributed by atoms with Gasteiger partial charge in [0.1, 0.15) is 0 Å². The largest absolute Gasteiger partial charge is 0.388 e. The Bertz CT molecular complexity index is 702. The van der Waals surface area contributed by atoms with Crippen molar-refractivity contribution < 1.29 is 0 Å². The highest BCUT2D eigenvalue weighted by Gasteiger charge is 2.07. The van der Waals surface area contributed by atoms with Crippen LogP contribution in [0.5, 0.6) is 0 Å². The van der Waals surface area contributed by atoms with E-state index in [1.807, 2.05) is 13.2 Å². The smallest absolute Gasteiger partial charge is 0.0784 e. The molecule has 0 aliphatic heterocycles. The van der Waals surface area contributed by atoms with Crippen molar-refractivity contribution in [2.75, 3.05) is 12.4 Å². The number of anilines is 1. The van der Waals surface area contributed by atoms with Crippen molar-refractivity contribution in [3.63, 3.8) is 0 Å². The van der Waals surface area contributed by atoms with Gasteiger partial charge in [0.2, 0.25) is 0 Å². The third-order valence-electron chi connectivity index (χ3n) is 3.24. The molecule has 1 aromatic heterocycles. The molecule has 0 fully saturated rings. The predicted molar refractivity (Wildman–Crippen MR) is 73.5 cm³/mol. The first-order chi connectivity index (χ1) is 8.31. The van der Waals surface area contributed by atoms with Crippen LogP contribution in [0.3, 0.4) is 0 Å². The van der Waals surface area contributed by atoms with E-state index in [-0.39, 0.29) is 0 Å². The molecule has 0 saturated carbocycles. The summed E-state index contributed by atoms with van der Waals surface area (Å²) in [4.78, 5) is 4.52. The van der Waals surface area contributed by atoms with Crippen molar-refractivity contribution in [2.24, 2.45) is 0 Å². The van der Waals surface area contributed by atoms with Gasteiger partial charge < -0.3 is 5.32 Å². The topological polar surface area (TPSA) is 24.9 Å². The Morgan fingerprint density at radius 3 is 2.53 bits per heavy atom. The average molecular weight is 222 g/mol. The number of fused-ring (bicyclic) bond motifs is 3. The van der Waals surface area contributed by atoms with Crippen LogP contribution in [0.25, 0.3) is 21.7 Å². The highest BCUT2D eigenvalue weighted by atomic mass is 14.8. The van der Waals surface area contributed by atoms with Crippen LogP contribution in [0.1, 0.15) is 5.56 Å². The molecule has 17 heavy (non-hydrogen) atoms. The van der Waals surface area contributed by atoms with E-state index in [0.29, 0.717) is 0 Å². The Morgan fingerprint density at radius 2 is 1.76 bits per heavy atom. The minimum absolute atomic E-state index is 1.08. The molecular weight excluding hydrogens is 208 g/mol. The molecule has 0 bridgehead atoms. The third-order valence-corrected chi connectivity index (χ3v) is 3.24. The summed E-state index contributed by atoms with van der Waals surface area (Å²) >= 11 is 0. The van der Waals surface area contributed by atoms with E-state index in [2.05, 4.69) is 53.6 Å². The van der Waals surface area contributed by atoms with Gasteiger partial charge in [-0.05, 0) is 24.6 Å². The number of hydrogen-bond acceptors (Lipinski definition) is 2. The lowest BCUT2D eigenvalue weighted by molar-refractivity contribution is 1.38. The normalized spacial score (nSPS) is 10.9. The number of pyridine rings is 1. The van der Waals surface area contributed by atoms with E-state index in [1.165, 1.54) is 21.7 Å². The molecule has 84 valence electrons. The first-order valence-electron chi connectivity index (χ1n) is 5.76. The second-order valence-corrected chi connectivity index (χ2v) is 4.24. The molecule has 0 amide bonds. The third kappa shape index (κ3) is 1.45. The molecule has 0 aliphatic rings. The van der Waals surface area contributed by atoms with Gasteiger partial charge >= 0.3 is 0 Å². The highest BCUT2D eigenvalue weighted by Crippen LogP contribution is 2.31. The van der Waals surface area contributed by atoms with E-state index < -0.39 is 0 Å². The number of aromatic nitrogens is 1. The summed E-state index contributed by atoms with van der Waals surface area (Å²) < 4.78 is 0. The summed E-state index contributed by atoms with van der Waals surface area (Å²) in [5, 5.41) is 6.91. The highest BCUT2D eigenvalue weighted by molar-refractivity contribution is 6.11. The fourth-order valence-electron chi connectivity index (χ4n) is 2.32. The van der Waals surface area contributed by atoms with Gasteiger partial charge in [0.25, 0.3) is 0 Å². The summed E-state index contributed by atoms with van der Waals surface area (Å²) in [7, 11) is 1.96. The summed E-state index contributed by atoms with van der Waals surface area (Å²) in [5.74, 6) is 0. The van der Waals surface area contributed by atoms with E-state index >= 15 is 0 Å². The van der Waals surface area contributed by atoms with Gasteiger partial charge in [-0.25, -0.2) is 0 Å². The molecule has 0 saturated heterocycles. The SMILES string of the molecule is CNc1cc2c(C)ccnc2c2ccccc12. The summed E-state index contributed by atoms with van der Waals surface area (Å²) in [6.07, 6.45) is 1.88. The van der Waals surface area contributed by atoms with Crippen molar-refractivity contribution in [3.8, 4) is 0 Å². The first kappa shape index (κ1) is 10.1. The fraction of sp³-hybridized carbons (Fsp3) is 0.133. The molecule has 1 heterocycles. The molecule has 0 unspecified atom stereocenters. The predicted octanol–water partition coefficient (Wildman–Crippen LogP) is 3.74. The van der Waals surface area contributed by atoms with E-state index in [9.17, 15) is 0 Å². The Kier molecular flexibility index (Phi) is 2.22. The van der Waals surface area contributed by atoms with Gasteiger partial charge in [-0.15, -0.1) is 0 Å². The monoisotopic (exact) mass is 222 g/mol. The van der Waals surface area contributed by atoms with E-state index in [0.717, 1.165) is 11.2 Å². The van der Waals surface area contributed by atoms with Crippen molar-refractivity contribution in [2.45, 2.75) is 6.92 Å². The van der Waals surface area contributed by atoms with Gasteiger partial charge in [-0.1, -0.05) is 24.3 Å². The van der Waals surface area contributed by atoms with Crippen LogP contribution in [0.15, 0.2) is 42.6 Å². The van der Waals surface area contributed by atoms with Crippen molar-refractivity contribution >= 4 is 27.4 Å².